The minimum atomic E-state index is 0.159. The molecule has 0 saturated carbocycles. The zero-order valence-electron chi connectivity index (χ0n) is 9.59. The number of hydrogen-bond donors (Lipinski definition) is 1. The van der Waals surface area contributed by atoms with E-state index in [-0.39, 0.29) is 5.91 Å². The van der Waals surface area contributed by atoms with Gasteiger partial charge in [-0.25, -0.2) is 0 Å². The van der Waals surface area contributed by atoms with E-state index in [2.05, 4.69) is 12.0 Å². The van der Waals surface area contributed by atoms with Gasteiger partial charge in [0.05, 0.1) is 11.9 Å². The van der Waals surface area contributed by atoms with Gasteiger partial charge in [-0.3, -0.25) is 9.48 Å². The predicted molar refractivity (Wildman–Crippen MR) is 62.0 cm³/mol. The highest BCUT2D eigenvalue weighted by molar-refractivity contribution is 5.95. The van der Waals surface area contributed by atoms with E-state index < -0.39 is 0 Å². The smallest absolute Gasteiger partial charge is 0.227 e. The molecular weight excluding hydrogens is 204 g/mol. The molecule has 0 spiro atoms. The predicted octanol–water partition coefficient (Wildman–Crippen LogP) is 0.605. The van der Waals surface area contributed by atoms with Gasteiger partial charge in [0.2, 0.25) is 5.91 Å². The van der Waals surface area contributed by atoms with Gasteiger partial charge in [0, 0.05) is 25.7 Å². The van der Waals surface area contributed by atoms with E-state index in [1.807, 2.05) is 10.9 Å². The normalized spacial score (nSPS) is 20.8. The molecule has 1 aromatic rings. The summed E-state index contributed by atoms with van der Waals surface area (Å²) < 4.78 is 1.87. The Morgan fingerprint density at radius 1 is 1.62 bits per heavy atom. The summed E-state index contributed by atoms with van der Waals surface area (Å²) in [5.41, 5.74) is 6.49. The molecule has 1 unspecified atom stereocenters. The van der Waals surface area contributed by atoms with Gasteiger partial charge < -0.3 is 10.6 Å². The summed E-state index contributed by atoms with van der Waals surface area (Å²) in [7, 11) is 0. The summed E-state index contributed by atoms with van der Waals surface area (Å²) in [6, 6.07) is 0. The number of carbonyl (C=O) groups is 1. The van der Waals surface area contributed by atoms with Crippen molar-refractivity contribution in [2.45, 2.75) is 26.3 Å². The molecule has 0 bridgehead atoms. The minimum absolute atomic E-state index is 0.159. The zero-order valence-corrected chi connectivity index (χ0v) is 9.59. The van der Waals surface area contributed by atoms with E-state index in [1.54, 1.807) is 11.1 Å². The molecule has 1 saturated heterocycles. The highest BCUT2D eigenvalue weighted by Gasteiger charge is 2.30. The average molecular weight is 222 g/mol. The van der Waals surface area contributed by atoms with Crippen molar-refractivity contribution in [2.24, 2.45) is 11.7 Å². The number of nitrogens with two attached hydrogens (primary N) is 1. The van der Waals surface area contributed by atoms with Crippen LogP contribution in [0.25, 0.3) is 0 Å². The molecule has 5 nitrogen and oxygen atoms in total. The van der Waals surface area contributed by atoms with Crippen LogP contribution in [0, 0.1) is 5.92 Å². The molecule has 0 aromatic carbocycles. The highest BCUT2D eigenvalue weighted by Crippen LogP contribution is 2.23. The molecule has 0 radical (unpaired) electrons. The third kappa shape index (κ3) is 2.09. The SMILES string of the molecule is CCCn1cc(N2CC(CN)CC2=O)cn1. The van der Waals surface area contributed by atoms with Gasteiger partial charge in [-0.15, -0.1) is 0 Å². The molecule has 5 heteroatoms. The second kappa shape index (κ2) is 4.65. The first kappa shape index (κ1) is 11.1. The standard InChI is InChI=1S/C11H18N4O/c1-2-3-14-8-10(6-13-14)15-7-9(5-12)4-11(15)16/h6,8-9H,2-5,7,12H2,1H3. The fourth-order valence-corrected chi connectivity index (χ4v) is 2.03. The van der Waals surface area contributed by atoms with Gasteiger partial charge in [0.25, 0.3) is 0 Å². The van der Waals surface area contributed by atoms with Crippen LogP contribution in [0.5, 0.6) is 0 Å². The van der Waals surface area contributed by atoms with Gasteiger partial charge in [-0.2, -0.15) is 5.10 Å². The maximum atomic E-state index is 11.7. The molecule has 2 heterocycles. The van der Waals surface area contributed by atoms with E-state index in [0.29, 0.717) is 18.9 Å². The average Bonchev–Trinajstić information content (AvgIpc) is 2.85. The van der Waals surface area contributed by atoms with Crippen molar-refractivity contribution in [3.63, 3.8) is 0 Å². The van der Waals surface area contributed by atoms with E-state index in [0.717, 1.165) is 25.2 Å². The number of hydrogen-bond acceptors (Lipinski definition) is 3. The van der Waals surface area contributed by atoms with E-state index in [1.165, 1.54) is 0 Å². The lowest BCUT2D eigenvalue weighted by Gasteiger charge is -2.13. The van der Waals surface area contributed by atoms with Gasteiger partial charge in [-0.1, -0.05) is 6.92 Å². The molecule has 1 fully saturated rings. The monoisotopic (exact) mass is 222 g/mol. The molecule has 0 aliphatic carbocycles. The van der Waals surface area contributed by atoms with E-state index in [4.69, 9.17) is 5.73 Å². The number of rotatable bonds is 4. The number of carbonyl (C=O) groups excluding carboxylic acids is 1. The van der Waals surface area contributed by atoms with Crippen molar-refractivity contribution in [1.29, 1.82) is 0 Å². The Hall–Kier alpha value is -1.36. The summed E-state index contributed by atoms with van der Waals surface area (Å²) in [4.78, 5) is 13.5. The van der Waals surface area contributed by atoms with Crippen LogP contribution in [0.15, 0.2) is 12.4 Å². The van der Waals surface area contributed by atoms with E-state index in [9.17, 15) is 4.79 Å². The summed E-state index contributed by atoms with van der Waals surface area (Å²) in [5.74, 6) is 0.452. The van der Waals surface area contributed by atoms with Crippen molar-refractivity contribution in [3.8, 4) is 0 Å². The van der Waals surface area contributed by atoms with Crippen LogP contribution in [0.1, 0.15) is 19.8 Å². The third-order valence-electron chi connectivity index (χ3n) is 2.92. The topological polar surface area (TPSA) is 64.2 Å². The van der Waals surface area contributed by atoms with Crippen LogP contribution >= 0.6 is 0 Å². The minimum Gasteiger partial charge on any atom is -0.330 e. The Balaban J connectivity index is 2.09. The summed E-state index contributed by atoms with van der Waals surface area (Å²) in [5, 5.41) is 4.23. The van der Waals surface area contributed by atoms with Gasteiger partial charge >= 0.3 is 0 Å². The van der Waals surface area contributed by atoms with Crippen molar-refractivity contribution in [1.82, 2.24) is 9.78 Å². The molecule has 1 atom stereocenters. The lowest BCUT2D eigenvalue weighted by atomic mass is 10.1. The number of aryl methyl sites for hydroxylation is 1. The van der Waals surface area contributed by atoms with E-state index >= 15 is 0 Å². The Morgan fingerprint density at radius 3 is 3.06 bits per heavy atom. The Morgan fingerprint density at radius 2 is 2.44 bits per heavy atom. The number of aromatic nitrogens is 2. The second-order valence-electron chi connectivity index (χ2n) is 4.27. The second-order valence-corrected chi connectivity index (χ2v) is 4.27. The molecule has 2 rings (SSSR count). The highest BCUT2D eigenvalue weighted by atomic mass is 16.2. The van der Waals surface area contributed by atoms with Crippen molar-refractivity contribution in [2.75, 3.05) is 18.0 Å². The maximum Gasteiger partial charge on any atom is 0.227 e. The first-order chi connectivity index (χ1) is 7.74. The molecular formula is C11H18N4O. The Bertz CT molecular complexity index is 374. The quantitative estimate of drug-likeness (QED) is 0.811. The van der Waals surface area contributed by atoms with Crippen molar-refractivity contribution in [3.05, 3.63) is 12.4 Å². The number of anilines is 1. The zero-order chi connectivity index (χ0) is 11.5. The van der Waals surface area contributed by atoms with Crippen LogP contribution in [0.4, 0.5) is 5.69 Å². The van der Waals surface area contributed by atoms with Gasteiger partial charge in [0.1, 0.15) is 0 Å². The molecule has 1 aliphatic rings. The van der Waals surface area contributed by atoms with Crippen molar-refractivity contribution >= 4 is 11.6 Å². The molecule has 1 aromatic heterocycles. The molecule has 88 valence electrons. The number of amides is 1. The third-order valence-corrected chi connectivity index (χ3v) is 2.92. The Labute approximate surface area is 95.2 Å². The first-order valence-corrected chi connectivity index (χ1v) is 5.77. The molecule has 16 heavy (non-hydrogen) atoms. The summed E-state index contributed by atoms with van der Waals surface area (Å²) in [6.45, 7) is 4.30. The number of nitrogens with zero attached hydrogens (tertiary/aromatic N) is 3. The van der Waals surface area contributed by atoms with Gasteiger partial charge in [-0.05, 0) is 18.9 Å². The summed E-state index contributed by atoms with van der Waals surface area (Å²) >= 11 is 0. The summed E-state index contributed by atoms with van der Waals surface area (Å²) in [6.07, 6.45) is 5.29. The maximum absolute atomic E-state index is 11.7. The fraction of sp³-hybridized carbons (Fsp3) is 0.636. The van der Waals surface area contributed by atoms with Crippen LogP contribution in [0.2, 0.25) is 0 Å². The van der Waals surface area contributed by atoms with Gasteiger partial charge in [0.15, 0.2) is 0 Å². The fourth-order valence-electron chi connectivity index (χ4n) is 2.03. The first-order valence-electron chi connectivity index (χ1n) is 5.77. The van der Waals surface area contributed by atoms with Crippen LogP contribution in [-0.4, -0.2) is 28.8 Å². The Kier molecular flexibility index (Phi) is 3.24. The lowest BCUT2D eigenvalue weighted by molar-refractivity contribution is -0.117. The van der Waals surface area contributed by atoms with Crippen molar-refractivity contribution < 1.29 is 4.79 Å². The van der Waals surface area contributed by atoms with Crippen LogP contribution < -0.4 is 10.6 Å². The van der Waals surface area contributed by atoms with Crippen LogP contribution in [-0.2, 0) is 11.3 Å². The molecule has 1 aliphatic heterocycles. The lowest BCUT2D eigenvalue weighted by Crippen LogP contribution is -2.25. The largest absolute Gasteiger partial charge is 0.330 e. The van der Waals surface area contributed by atoms with Crippen LogP contribution in [0.3, 0.4) is 0 Å². The molecule has 2 N–H and O–H groups in total. The molecule has 1 amide bonds.